The average Bonchev–Trinajstić information content (AvgIpc) is 2.91. The van der Waals surface area contributed by atoms with Crippen molar-refractivity contribution in [2.24, 2.45) is 0 Å². The van der Waals surface area contributed by atoms with Gasteiger partial charge in [0.2, 0.25) is 0 Å². The maximum atomic E-state index is 13.2. The molecule has 0 saturated carbocycles. The van der Waals surface area contributed by atoms with Crippen LogP contribution in [0.3, 0.4) is 0 Å². The van der Waals surface area contributed by atoms with Crippen molar-refractivity contribution in [3.05, 3.63) is 106 Å². The number of piperazine rings is 1. The van der Waals surface area contributed by atoms with Crippen molar-refractivity contribution < 1.29 is 41.0 Å². The standard InChI is InChI=1S/C29H28F6N2O3/c30-28(31,32)24-14-21(15-25(16-24)29(33,34)35)18-40-19-26(22-6-2-1-3-7-22)37-11-9-36(10-12-37)17-20-5-4-8-23(13-20)27(38)39/h1-8,13-16,26H,9-12,17-19H2,(H,38,39). The van der Waals surface area contributed by atoms with Crippen molar-refractivity contribution in [2.75, 3.05) is 32.8 Å². The Labute approximate surface area is 227 Å². The highest BCUT2D eigenvalue weighted by Gasteiger charge is 2.37. The average molecular weight is 567 g/mol. The van der Waals surface area contributed by atoms with Gasteiger partial charge in [-0.3, -0.25) is 9.80 Å². The lowest BCUT2D eigenvalue weighted by Crippen LogP contribution is -2.48. The second kappa shape index (κ2) is 12.4. The maximum Gasteiger partial charge on any atom is 0.416 e. The highest BCUT2D eigenvalue weighted by molar-refractivity contribution is 5.87. The predicted molar refractivity (Wildman–Crippen MR) is 136 cm³/mol. The first-order valence-electron chi connectivity index (χ1n) is 12.6. The molecule has 214 valence electrons. The summed E-state index contributed by atoms with van der Waals surface area (Å²) >= 11 is 0. The quantitative estimate of drug-likeness (QED) is 0.300. The molecule has 0 spiro atoms. The molecule has 3 aromatic rings. The number of carboxylic acids is 1. The molecule has 5 nitrogen and oxygen atoms in total. The fourth-order valence-corrected chi connectivity index (χ4v) is 4.77. The van der Waals surface area contributed by atoms with Gasteiger partial charge in [0.05, 0.1) is 35.9 Å². The van der Waals surface area contributed by atoms with Gasteiger partial charge in [-0.05, 0) is 47.0 Å². The summed E-state index contributed by atoms with van der Waals surface area (Å²) in [4.78, 5) is 15.6. The number of nitrogens with zero attached hydrogens (tertiary/aromatic N) is 2. The first-order valence-corrected chi connectivity index (χ1v) is 12.6. The van der Waals surface area contributed by atoms with Crippen LogP contribution in [0.25, 0.3) is 0 Å². The van der Waals surface area contributed by atoms with Gasteiger partial charge in [-0.15, -0.1) is 0 Å². The molecule has 0 bridgehead atoms. The van der Waals surface area contributed by atoms with Crippen LogP contribution in [0.15, 0.2) is 72.8 Å². The van der Waals surface area contributed by atoms with Gasteiger partial charge in [-0.1, -0.05) is 42.5 Å². The highest BCUT2D eigenvalue weighted by atomic mass is 19.4. The van der Waals surface area contributed by atoms with Crippen LogP contribution in [0, 0.1) is 0 Å². The number of aromatic carboxylic acids is 1. The summed E-state index contributed by atoms with van der Waals surface area (Å²) in [5, 5.41) is 9.23. The Bertz CT molecular complexity index is 1260. The molecule has 0 amide bonds. The van der Waals surface area contributed by atoms with E-state index in [9.17, 15) is 36.2 Å². The molecule has 1 aliphatic heterocycles. The molecule has 3 aromatic carbocycles. The van der Waals surface area contributed by atoms with Gasteiger partial charge in [-0.2, -0.15) is 26.3 Å². The molecule has 1 N–H and O–H groups in total. The van der Waals surface area contributed by atoms with Crippen molar-refractivity contribution in [3.8, 4) is 0 Å². The molecule has 0 radical (unpaired) electrons. The zero-order chi connectivity index (χ0) is 28.9. The van der Waals surface area contributed by atoms with Crippen LogP contribution < -0.4 is 0 Å². The molecule has 1 aliphatic rings. The smallest absolute Gasteiger partial charge is 0.416 e. The van der Waals surface area contributed by atoms with Crippen LogP contribution in [0.4, 0.5) is 26.3 Å². The number of halogens is 6. The lowest BCUT2D eigenvalue weighted by atomic mass is 10.0. The van der Waals surface area contributed by atoms with Crippen molar-refractivity contribution in [1.29, 1.82) is 0 Å². The van der Waals surface area contributed by atoms with Gasteiger partial charge in [0.1, 0.15) is 0 Å². The van der Waals surface area contributed by atoms with E-state index in [-0.39, 0.29) is 29.8 Å². The van der Waals surface area contributed by atoms with Gasteiger partial charge in [-0.25, -0.2) is 4.79 Å². The molecule has 0 aliphatic carbocycles. The summed E-state index contributed by atoms with van der Waals surface area (Å²) < 4.78 is 85.1. The van der Waals surface area contributed by atoms with Crippen LogP contribution in [0.1, 0.15) is 44.2 Å². The van der Waals surface area contributed by atoms with Crippen molar-refractivity contribution >= 4 is 5.97 Å². The molecular formula is C29H28F6N2O3. The van der Waals surface area contributed by atoms with E-state index in [2.05, 4.69) is 9.80 Å². The predicted octanol–water partition coefficient (Wildman–Crippen LogP) is 6.50. The van der Waals surface area contributed by atoms with Crippen molar-refractivity contribution in [2.45, 2.75) is 31.5 Å². The summed E-state index contributed by atoms with van der Waals surface area (Å²) in [7, 11) is 0. The first-order chi connectivity index (χ1) is 18.9. The minimum atomic E-state index is -4.92. The van der Waals surface area contributed by atoms with Crippen LogP contribution >= 0.6 is 0 Å². The molecule has 1 fully saturated rings. The van der Waals surface area contributed by atoms with E-state index in [1.165, 1.54) is 6.07 Å². The summed E-state index contributed by atoms with van der Waals surface area (Å²) in [6, 6.07) is 17.4. The Balaban J connectivity index is 1.42. The fraction of sp³-hybridized carbons (Fsp3) is 0.345. The van der Waals surface area contributed by atoms with Gasteiger partial charge in [0, 0.05) is 32.7 Å². The lowest BCUT2D eigenvalue weighted by molar-refractivity contribution is -0.143. The van der Waals surface area contributed by atoms with Crippen LogP contribution in [-0.4, -0.2) is 53.7 Å². The van der Waals surface area contributed by atoms with E-state index in [1.54, 1.807) is 12.1 Å². The number of hydrogen-bond donors (Lipinski definition) is 1. The summed E-state index contributed by atoms with van der Waals surface area (Å²) in [6.45, 7) is 2.90. The Morgan fingerprint density at radius 2 is 1.43 bits per heavy atom. The van der Waals surface area contributed by atoms with Crippen LogP contribution in [0.2, 0.25) is 0 Å². The summed E-state index contributed by atoms with van der Waals surface area (Å²) in [6.07, 6.45) is -9.84. The lowest BCUT2D eigenvalue weighted by Gasteiger charge is -2.39. The second-order valence-corrected chi connectivity index (χ2v) is 9.67. The largest absolute Gasteiger partial charge is 0.478 e. The van der Waals surface area contributed by atoms with E-state index < -0.39 is 36.1 Å². The zero-order valence-corrected chi connectivity index (χ0v) is 21.4. The number of carboxylic acid groups (broad SMARTS) is 1. The molecule has 1 heterocycles. The number of benzene rings is 3. The van der Waals surface area contributed by atoms with E-state index in [1.807, 2.05) is 36.4 Å². The Morgan fingerprint density at radius 3 is 2.00 bits per heavy atom. The third kappa shape index (κ3) is 7.83. The molecule has 11 heteroatoms. The minimum absolute atomic E-state index is 0.0717. The van der Waals surface area contributed by atoms with Crippen molar-refractivity contribution in [3.63, 3.8) is 0 Å². The van der Waals surface area contributed by atoms with Crippen LogP contribution in [-0.2, 0) is 30.2 Å². The molecule has 1 atom stereocenters. The Morgan fingerprint density at radius 1 is 0.800 bits per heavy atom. The van der Waals surface area contributed by atoms with Gasteiger partial charge >= 0.3 is 18.3 Å². The van der Waals surface area contributed by atoms with E-state index in [0.717, 1.165) is 11.1 Å². The molecule has 40 heavy (non-hydrogen) atoms. The zero-order valence-electron chi connectivity index (χ0n) is 21.4. The van der Waals surface area contributed by atoms with Crippen molar-refractivity contribution in [1.82, 2.24) is 9.80 Å². The van der Waals surface area contributed by atoms with E-state index >= 15 is 0 Å². The van der Waals surface area contributed by atoms with E-state index in [0.29, 0.717) is 44.9 Å². The van der Waals surface area contributed by atoms with Gasteiger partial charge < -0.3 is 9.84 Å². The van der Waals surface area contributed by atoms with Gasteiger partial charge in [0.15, 0.2) is 0 Å². The Kier molecular flexibility index (Phi) is 9.17. The number of carbonyl (C=O) groups is 1. The number of alkyl halides is 6. The number of rotatable bonds is 9. The van der Waals surface area contributed by atoms with E-state index in [4.69, 9.17) is 4.74 Å². The monoisotopic (exact) mass is 566 g/mol. The Hall–Kier alpha value is -3.41. The summed E-state index contributed by atoms with van der Waals surface area (Å²) in [5.74, 6) is -0.989. The third-order valence-electron chi connectivity index (χ3n) is 6.80. The minimum Gasteiger partial charge on any atom is -0.478 e. The number of ether oxygens (including phenoxy) is 1. The maximum absolute atomic E-state index is 13.2. The molecule has 4 rings (SSSR count). The fourth-order valence-electron chi connectivity index (χ4n) is 4.77. The van der Waals surface area contributed by atoms with Crippen LogP contribution in [0.5, 0.6) is 0 Å². The number of hydrogen-bond acceptors (Lipinski definition) is 4. The van der Waals surface area contributed by atoms with Gasteiger partial charge in [0.25, 0.3) is 0 Å². The first kappa shape index (κ1) is 29.6. The second-order valence-electron chi connectivity index (χ2n) is 9.67. The normalized spacial score (nSPS) is 16.1. The third-order valence-corrected chi connectivity index (χ3v) is 6.80. The molecule has 1 unspecified atom stereocenters. The molecule has 0 aromatic heterocycles. The summed E-state index contributed by atoms with van der Waals surface area (Å²) in [5.41, 5.74) is -0.917. The topological polar surface area (TPSA) is 53.0 Å². The SMILES string of the molecule is O=C(O)c1cccc(CN2CCN(C(COCc3cc(C(F)(F)F)cc(C(F)(F)F)c3)c3ccccc3)CC2)c1. The highest BCUT2D eigenvalue weighted by Crippen LogP contribution is 2.36. The molecule has 1 saturated heterocycles. The molecular weight excluding hydrogens is 538 g/mol.